The second-order valence-electron chi connectivity index (χ2n) is 2.97. The topological polar surface area (TPSA) is 53.6 Å². The molecule has 2 heterocycles. The second kappa shape index (κ2) is 2.95. The Bertz CT molecular complexity index is 303. The molecule has 1 aromatic rings. The molecule has 1 aliphatic heterocycles. The largest absolute Gasteiger partial charge is 0.315 e. The summed E-state index contributed by atoms with van der Waals surface area (Å²) in [6.45, 7) is 2.01. The molecule has 0 radical (unpaired) electrons. The summed E-state index contributed by atoms with van der Waals surface area (Å²) in [6.07, 6.45) is 4.52. The van der Waals surface area contributed by atoms with Crippen molar-refractivity contribution in [1.29, 1.82) is 5.26 Å². The van der Waals surface area contributed by atoms with Crippen molar-refractivity contribution in [1.82, 2.24) is 15.1 Å². The fourth-order valence-corrected chi connectivity index (χ4v) is 1.46. The molecule has 0 saturated carbocycles. The SMILES string of the molecule is N#Cc1cnn(C2CCNC2)c1. The average Bonchev–Trinajstić information content (AvgIpc) is 2.75. The van der Waals surface area contributed by atoms with Crippen LogP contribution in [0.15, 0.2) is 12.4 Å². The molecule has 12 heavy (non-hydrogen) atoms. The number of hydrogen-bond donors (Lipinski definition) is 1. The highest BCUT2D eigenvalue weighted by atomic mass is 15.3. The van der Waals surface area contributed by atoms with Gasteiger partial charge < -0.3 is 5.32 Å². The Labute approximate surface area is 70.8 Å². The molecule has 0 amide bonds. The maximum Gasteiger partial charge on any atom is 0.102 e. The molecule has 0 bridgehead atoms. The molecule has 0 aromatic carbocycles. The predicted octanol–water partition coefficient (Wildman–Crippen LogP) is 0.289. The molecule has 0 aliphatic carbocycles. The van der Waals surface area contributed by atoms with Gasteiger partial charge in [-0.15, -0.1) is 0 Å². The number of aromatic nitrogens is 2. The zero-order valence-corrected chi connectivity index (χ0v) is 6.70. The lowest BCUT2D eigenvalue weighted by Gasteiger charge is -2.06. The normalized spacial score (nSPS) is 22.4. The van der Waals surface area contributed by atoms with E-state index >= 15 is 0 Å². The molecule has 2 rings (SSSR count). The first kappa shape index (κ1) is 7.32. The Hall–Kier alpha value is -1.34. The molecule has 62 valence electrons. The lowest BCUT2D eigenvalue weighted by molar-refractivity contribution is 0.490. The summed E-state index contributed by atoms with van der Waals surface area (Å²) in [5.41, 5.74) is 0.641. The predicted molar refractivity (Wildman–Crippen MR) is 43.5 cm³/mol. The van der Waals surface area contributed by atoms with E-state index in [1.807, 2.05) is 4.68 Å². The molecule has 0 spiro atoms. The lowest BCUT2D eigenvalue weighted by atomic mass is 10.3. The number of nitriles is 1. The van der Waals surface area contributed by atoms with E-state index in [0.29, 0.717) is 11.6 Å². The first-order valence-electron chi connectivity index (χ1n) is 4.05. The van der Waals surface area contributed by atoms with E-state index in [-0.39, 0.29) is 0 Å². The molecule has 1 atom stereocenters. The molecule has 1 aromatic heterocycles. The highest BCUT2D eigenvalue weighted by Gasteiger charge is 2.16. The summed E-state index contributed by atoms with van der Waals surface area (Å²) < 4.78 is 1.87. The van der Waals surface area contributed by atoms with E-state index in [9.17, 15) is 0 Å². The smallest absolute Gasteiger partial charge is 0.102 e. The third-order valence-electron chi connectivity index (χ3n) is 2.14. The molecule has 1 saturated heterocycles. The summed E-state index contributed by atoms with van der Waals surface area (Å²) in [4.78, 5) is 0. The van der Waals surface area contributed by atoms with Gasteiger partial charge in [-0.1, -0.05) is 0 Å². The summed E-state index contributed by atoms with van der Waals surface area (Å²) >= 11 is 0. The van der Waals surface area contributed by atoms with Crippen molar-refractivity contribution in [2.75, 3.05) is 13.1 Å². The van der Waals surface area contributed by atoms with Crippen LogP contribution in [0.25, 0.3) is 0 Å². The van der Waals surface area contributed by atoms with Gasteiger partial charge in [-0.2, -0.15) is 10.4 Å². The standard InChI is InChI=1S/C8H10N4/c9-3-7-4-11-12(6-7)8-1-2-10-5-8/h4,6,8,10H,1-2,5H2. The van der Waals surface area contributed by atoms with Crippen molar-refractivity contribution >= 4 is 0 Å². The Balaban J connectivity index is 2.17. The van der Waals surface area contributed by atoms with Crippen LogP contribution in [0.1, 0.15) is 18.0 Å². The van der Waals surface area contributed by atoms with Gasteiger partial charge in [0.15, 0.2) is 0 Å². The monoisotopic (exact) mass is 162 g/mol. The summed E-state index contributed by atoms with van der Waals surface area (Å²) in [5, 5.41) is 16.0. The van der Waals surface area contributed by atoms with Crippen LogP contribution < -0.4 is 5.32 Å². The van der Waals surface area contributed by atoms with E-state index in [0.717, 1.165) is 19.5 Å². The van der Waals surface area contributed by atoms with Gasteiger partial charge in [-0.05, 0) is 13.0 Å². The molecular formula is C8H10N4. The summed E-state index contributed by atoms with van der Waals surface area (Å²) in [7, 11) is 0. The molecule has 1 fully saturated rings. The number of rotatable bonds is 1. The maximum absolute atomic E-state index is 8.57. The van der Waals surface area contributed by atoms with Crippen LogP contribution in [0.2, 0.25) is 0 Å². The minimum absolute atomic E-state index is 0.437. The third-order valence-corrected chi connectivity index (χ3v) is 2.14. The van der Waals surface area contributed by atoms with Crippen LogP contribution >= 0.6 is 0 Å². The van der Waals surface area contributed by atoms with Crippen LogP contribution in [-0.4, -0.2) is 22.9 Å². The van der Waals surface area contributed by atoms with Gasteiger partial charge in [0.1, 0.15) is 6.07 Å². The van der Waals surface area contributed by atoms with Gasteiger partial charge in [-0.3, -0.25) is 4.68 Å². The van der Waals surface area contributed by atoms with Gasteiger partial charge in [0.2, 0.25) is 0 Å². The Morgan fingerprint density at radius 3 is 3.25 bits per heavy atom. The Kier molecular flexibility index (Phi) is 1.80. The first-order valence-corrected chi connectivity index (χ1v) is 4.05. The molecular weight excluding hydrogens is 152 g/mol. The zero-order chi connectivity index (χ0) is 8.39. The molecule has 1 N–H and O–H groups in total. The summed E-state index contributed by atoms with van der Waals surface area (Å²) in [6, 6.07) is 2.50. The fourth-order valence-electron chi connectivity index (χ4n) is 1.46. The van der Waals surface area contributed by atoms with Crippen LogP contribution in [-0.2, 0) is 0 Å². The maximum atomic E-state index is 8.57. The Morgan fingerprint density at radius 2 is 2.67 bits per heavy atom. The van der Waals surface area contributed by atoms with Gasteiger partial charge in [0, 0.05) is 12.7 Å². The van der Waals surface area contributed by atoms with E-state index < -0.39 is 0 Å². The summed E-state index contributed by atoms with van der Waals surface area (Å²) in [5.74, 6) is 0. The van der Waals surface area contributed by atoms with Crippen LogP contribution in [0.5, 0.6) is 0 Å². The minimum atomic E-state index is 0.437. The second-order valence-corrected chi connectivity index (χ2v) is 2.97. The minimum Gasteiger partial charge on any atom is -0.315 e. The third kappa shape index (κ3) is 1.19. The van der Waals surface area contributed by atoms with Crippen LogP contribution in [0.4, 0.5) is 0 Å². The van der Waals surface area contributed by atoms with Crippen LogP contribution in [0, 0.1) is 11.3 Å². The van der Waals surface area contributed by atoms with E-state index in [1.54, 1.807) is 12.4 Å². The average molecular weight is 162 g/mol. The Morgan fingerprint density at radius 1 is 1.75 bits per heavy atom. The van der Waals surface area contributed by atoms with E-state index in [4.69, 9.17) is 5.26 Å². The molecule has 4 heteroatoms. The van der Waals surface area contributed by atoms with Crippen molar-refractivity contribution < 1.29 is 0 Å². The van der Waals surface area contributed by atoms with Crippen molar-refractivity contribution in [3.8, 4) is 6.07 Å². The van der Waals surface area contributed by atoms with Crippen LogP contribution in [0.3, 0.4) is 0 Å². The number of hydrogen-bond acceptors (Lipinski definition) is 3. The van der Waals surface area contributed by atoms with Crippen molar-refractivity contribution in [3.05, 3.63) is 18.0 Å². The quantitative estimate of drug-likeness (QED) is 0.645. The highest BCUT2D eigenvalue weighted by molar-refractivity contribution is 5.21. The highest BCUT2D eigenvalue weighted by Crippen LogP contribution is 2.13. The van der Waals surface area contributed by atoms with Crippen molar-refractivity contribution in [2.45, 2.75) is 12.5 Å². The molecule has 1 unspecified atom stereocenters. The van der Waals surface area contributed by atoms with Gasteiger partial charge in [0.25, 0.3) is 0 Å². The van der Waals surface area contributed by atoms with Gasteiger partial charge >= 0.3 is 0 Å². The zero-order valence-electron chi connectivity index (χ0n) is 6.70. The van der Waals surface area contributed by atoms with E-state index in [1.165, 1.54) is 0 Å². The first-order chi connectivity index (χ1) is 5.90. The van der Waals surface area contributed by atoms with Crippen molar-refractivity contribution in [2.24, 2.45) is 0 Å². The number of nitrogens with one attached hydrogen (secondary N) is 1. The molecule has 4 nitrogen and oxygen atoms in total. The fraction of sp³-hybridized carbons (Fsp3) is 0.500. The van der Waals surface area contributed by atoms with Crippen molar-refractivity contribution in [3.63, 3.8) is 0 Å². The van der Waals surface area contributed by atoms with E-state index in [2.05, 4.69) is 16.5 Å². The van der Waals surface area contributed by atoms with Gasteiger partial charge in [-0.25, -0.2) is 0 Å². The van der Waals surface area contributed by atoms with Gasteiger partial charge in [0.05, 0.1) is 17.8 Å². The lowest BCUT2D eigenvalue weighted by Crippen LogP contribution is -2.13. The molecule has 1 aliphatic rings. The number of nitrogens with zero attached hydrogens (tertiary/aromatic N) is 3.